The normalized spacial score (nSPS) is 11.6. The third-order valence-electron chi connectivity index (χ3n) is 4.36. The molecule has 0 aliphatic heterocycles. The number of esters is 1. The second kappa shape index (κ2) is 11.7. The lowest BCUT2D eigenvalue weighted by molar-refractivity contribution is -0.145. The Morgan fingerprint density at radius 1 is 0.912 bits per heavy atom. The van der Waals surface area contributed by atoms with Gasteiger partial charge < -0.3 is 19.3 Å². The number of ether oxygens (including phenoxy) is 3. The first kappa shape index (κ1) is 26.2. The summed E-state index contributed by atoms with van der Waals surface area (Å²) in [5.41, 5.74) is -0.528. The lowest BCUT2D eigenvalue weighted by Gasteiger charge is -2.14. The van der Waals surface area contributed by atoms with E-state index in [2.05, 4.69) is 4.74 Å². The molecule has 34 heavy (non-hydrogen) atoms. The topological polar surface area (TPSA) is 99.1 Å². The van der Waals surface area contributed by atoms with Crippen LogP contribution in [0.25, 0.3) is 12.2 Å². The summed E-state index contributed by atoms with van der Waals surface area (Å²) in [4.78, 5) is 35.2. The lowest BCUT2D eigenvalue weighted by atomic mass is 10.1. The van der Waals surface area contributed by atoms with Crippen LogP contribution in [0.5, 0.6) is 17.2 Å². The molecule has 0 fully saturated rings. The van der Waals surface area contributed by atoms with Gasteiger partial charge in [0.15, 0.2) is 29.7 Å². The van der Waals surface area contributed by atoms with E-state index < -0.39 is 48.1 Å². The van der Waals surface area contributed by atoms with Crippen molar-refractivity contribution in [1.29, 1.82) is 0 Å². The number of phenolic OH excluding ortho intramolecular Hbond substituents is 1. The van der Waals surface area contributed by atoms with Crippen LogP contribution in [0.4, 0.5) is 13.2 Å². The highest BCUT2D eigenvalue weighted by atomic mass is 19.4. The van der Waals surface area contributed by atoms with E-state index in [-0.39, 0.29) is 17.1 Å². The number of phenols is 1. The minimum Gasteiger partial charge on any atom is -0.504 e. The van der Waals surface area contributed by atoms with Crippen LogP contribution in [0, 0.1) is 0 Å². The van der Waals surface area contributed by atoms with E-state index in [0.29, 0.717) is 5.56 Å². The van der Waals surface area contributed by atoms with Gasteiger partial charge in [-0.05, 0) is 47.5 Å². The molecule has 0 aromatic heterocycles. The van der Waals surface area contributed by atoms with Gasteiger partial charge in [0.2, 0.25) is 0 Å². The Labute approximate surface area is 193 Å². The van der Waals surface area contributed by atoms with Crippen LogP contribution in [0.15, 0.2) is 48.6 Å². The Morgan fingerprint density at radius 3 is 2.06 bits per heavy atom. The fraction of sp³-hybridized carbons (Fsp3) is 0.208. The van der Waals surface area contributed by atoms with Crippen molar-refractivity contribution in [3.05, 3.63) is 65.2 Å². The summed E-state index contributed by atoms with van der Waals surface area (Å²) in [6.07, 6.45) is -0.508. The smallest absolute Gasteiger partial charge is 0.419 e. The second-order valence-corrected chi connectivity index (χ2v) is 6.83. The number of allylic oxidation sites excluding steroid dienone is 2. The van der Waals surface area contributed by atoms with Gasteiger partial charge >= 0.3 is 12.1 Å². The third kappa shape index (κ3) is 7.80. The predicted molar refractivity (Wildman–Crippen MR) is 116 cm³/mol. The standard InChI is InChI=1S/C24H21F3O7/c1-32-22-12-16(5-9-20(22)30)4-8-18(29)13-17(28)7-3-15-6-10-21(34-14-23(31)33-2)19(11-15)24(25,26)27/h3-12,30H,13-14H2,1-2H3/b7-3+,8-4+. The zero-order valence-electron chi connectivity index (χ0n) is 18.2. The van der Waals surface area contributed by atoms with E-state index in [1.54, 1.807) is 6.07 Å². The quantitative estimate of drug-likeness (QED) is 0.310. The molecule has 2 aromatic rings. The SMILES string of the molecule is COC(=O)COc1ccc(/C=C/C(=O)CC(=O)/C=C/c2ccc(O)c(OC)c2)cc1C(F)(F)F. The van der Waals surface area contributed by atoms with Crippen molar-refractivity contribution in [2.75, 3.05) is 20.8 Å². The Bertz CT molecular complexity index is 1120. The Kier molecular flexibility index (Phi) is 9.00. The zero-order valence-corrected chi connectivity index (χ0v) is 18.2. The van der Waals surface area contributed by atoms with Gasteiger partial charge in [-0.1, -0.05) is 24.3 Å². The first-order chi connectivity index (χ1) is 16.0. The van der Waals surface area contributed by atoms with Crippen molar-refractivity contribution in [3.8, 4) is 17.2 Å². The minimum absolute atomic E-state index is 0.0465. The maximum absolute atomic E-state index is 13.3. The number of benzene rings is 2. The van der Waals surface area contributed by atoms with E-state index in [9.17, 15) is 32.7 Å². The molecule has 0 saturated heterocycles. The maximum Gasteiger partial charge on any atom is 0.419 e. The number of carbonyl (C=O) groups is 3. The number of methoxy groups -OCH3 is 2. The number of halogens is 3. The molecule has 0 heterocycles. The molecule has 1 N–H and O–H groups in total. The number of hydrogen-bond acceptors (Lipinski definition) is 7. The molecule has 180 valence electrons. The zero-order chi connectivity index (χ0) is 25.3. The number of hydrogen-bond donors (Lipinski definition) is 1. The minimum atomic E-state index is -4.77. The molecule has 0 saturated carbocycles. The lowest BCUT2D eigenvalue weighted by Crippen LogP contribution is -2.15. The third-order valence-corrected chi connectivity index (χ3v) is 4.36. The molecule has 0 aliphatic carbocycles. The monoisotopic (exact) mass is 478 g/mol. The number of rotatable bonds is 10. The first-order valence-corrected chi connectivity index (χ1v) is 9.73. The summed E-state index contributed by atoms with van der Waals surface area (Å²) in [5, 5.41) is 9.56. The number of carbonyl (C=O) groups excluding carboxylic acids is 3. The molecule has 7 nitrogen and oxygen atoms in total. The van der Waals surface area contributed by atoms with Gasteiger partial charge in [0, 0.05) is 0 Å². The fourth-order valence-electron chi connectivity index (χ4n) is 2.66. The van der Waals surface area contributed by atoms with Crippen LogP contribution < -0.4 is 9.47 Å². The summed E-state index contributed by atoms with van der Waals surface area (Å²) in [5.74, 6) is -2.39. The predicted octanol–water partition coefficient (Wildman–Crippen LogP) is 4.23. The summed E-state index contributed by atoms with van der Waals surface area (Å²) < 4.78 is 54.2. The van der Waals surface area contributed by atoms with Crippen LogP contribution in [-0.4, -0.2) is 43.5 Å². The Hall–Kier alpha value is -4.08. The van der Waals surface area contributed by atoms with Gasteiger partial charge in [-0.25, -0.2) is 4.79 Å². The van der Waals surface area contributed by atoms with E-state index in [1.165, 1.54) is 37.5 Å². The highest BCUT2D eigenvalue weighted by molar-refractivity contribution is 6.10. The average molecular weight is 478 g/mol. The summed E-state index contributed by atoms with van der Waals surface area (Å²) >= 11 is 0. The van der Waals surface area contributed by atoms with Gasteiger partial charge in [-0.2, -0.15) is 13.2 Å². The second-order valence-electron chi connectivity index (χ2n) is 6.83. The largest absolute Gasteiger partial charge is 0.504 e. The molecule has 10 heteroatoms. The van der Waals surface area contributed by atoms with Crippen LogP contribution in [0.1, 0.15) is 23.1 Å². The molecule has 0 aliphatic rings. The van der Waals surface area contributed by atoms with Crippen molar-refractivity contribution in [2.24, 2.45) is 0 Å². The summed E-state index contributed by atoms with van der Waals surface area (Å²) in [7, 11) is 2.45. The van der Waals surface area contributed by atoms with E-state index in [1.807, 2.05) is 0 Å². The van der Waals surface area contributed by atoms with Gasteiger partial charge in [0.1, 0.15) is 5.75 Å². The molecular formula is C24H21F3O7. The fourth-order valence-corrected chi connectivity index (χ4v) is 2.66. The van der Waals surface area contributed by atoms with Gasteiger partial charge in [-0.15, -0.1) is 0 Å². The molecule has 0 radical (unpaired) electrons. The van der Waals surface area contributed by atoms with Crippen molar-refractivity contribution in [3.63, 3.8) is 0 Å². The van der Waals surface area contributed by atoms with E-state index in [4.69, 9.17) is 9.47 Å². The average Bonchev–Trinajstić information content (AvgIpc) is 2.80. The number of ketones is 2. The number of aromatic hydroxyl groups is 1. The number of alkyl halides is 3. The first-order valence-electron chi connectivity index (χ1n) is 9.73. The summed E-state index contributed by atoms with van der Waals surface area (Å²) in [6.45, 7) is -0.695. The molecule has 2 rings (SSSR count). The van der Waals surface area contributed by atoms with Crippen LogP contribution in [0.3, 0.4) is 0 Å². The molecule has 0 atom stereocenters. The van der Waals surface area contributed by atoms with Crippen molar-refractivity contribution < 1.29 is 46.9 Å². The Morgan fingerprint density at radius 2 is 1.50 bits per heavy atom. The van der Waals surface area contributed by atoms with Crippen molar-refractivity contribution in [1.82, 2.24) is 0 Å². The molecule has 2 aromatic carbocycles. The summed E-state index contributed by atoms with van der Waals surface area (Å²) in [6, 6.07) is 7.48. The van der Waals surface area contributed by atoms with Gasteiger partial charge in [0.05, 0.1) is 26.2 Å². The Balaban J connectivity index is 2.05. The molecule has 0 spiro atoms. The van der Waals surface area contributed by atoms with E-state index >= 15 is 0 Å². The van der Waals surface area contributed by atoms with Crippen molar-refractivity contribution in [2.45, 2.75) is 12.6 Å². The van der Waals surface area contributed by atoms with Crippen LogP contribution in [0.2, 0.25) is 0 Å². The van der Waals surface area contributed by atoms with Crippen molar-refractivity contribution >= 4 is 29.7 Å². The highest BCUT2D eigenvalue weighted by Gasteiger charge is 2.34. The maximum atomic E-state index is 13.3. The molecule has 0 unspecified atom stereocenters. The molecule has 0 amide bonds. The molecular weight excluding hydrogens is 457 g/mol. The van der Waals surface area contributed by atoms with Crippen LogP contribution >= 0.6 is 0 Å². The molecule has 0 bridgehead atoms. The van der Waals surface area contributed by atoms with Crippen LogP contribution in [-0.2, 0) is 25.3 Å². The van der Waals surface area contributed by atoms with E-state index in [0.717, 1.165) is 31.4 Å². The highest BCUT2D eigenvalue weighted by Crippen LogP contribution is 2.37. The van der Waals surface area contributed by atoms with Gasteiger partial charge in [-0.3, -0.25) is 9.59 Å². The van der Waals surface area contributed by atoms with Gasteiger partial charge in [0.25, 0.3) is 0 Å².